The van der Waals surface area contributed by atoms with Crippen LogP contribution in [0.3, 0.4) is 0 Å². The van der Waals surface area contributed by atoms with Crippen molar-refractivity contribution in [2.45, 2.75) is 37.9 Å². The summed E-state index contributed by atoms with van der Waals surface area (Å²) in [4.78, 5) is 11.3. The maximum atomic E-state index is 11.3. The Morgan fingerprint density at radius 3 is 3.00 bits per heavy atom. The Morgan fingerprint density at radius 1 is 1.43 bits per heavy atom. The SMILES string of the molecule is Cc1cccc(C(=O)O)c1OC1CCOC2(CCOC2)C1. The number of carboxylic acids is 1. The Morgan fingerprint density at radius 2 is 2.29 bits per heavy atom. The molecule has 0 aliphatic carbocycles. The molecule has 0 saturated carbocycles. The number of aryl methyl sites for hydroxylation is 1. The molecule has 3 rings (SSSR count). The molecule has 0 aromatic heterocycles. The molecule has 5 heteroatoms. The number of rotatable bonds is 3. The lowest BCUT2D eigenvalue weighted by Crippen LogP contribution is -2.44. The Kier molecular flexibility index (Phi) is 3.87. The number of hydrogen-bond acceptors (Lipinski definition) is 4. The van der Waals surface area contributed by atoms with Gasteiger partial charge in [-0.25, -0.2) is 4.79 Å². The van der Waals surface area contributed by atoms with E-state index in [0.29, 0.717) is 19.0 Å². The van der Waals surface area contributed by atoms with E-state index < -0.39 is 5.97 Å². The van der Waals surface area contributed by atoms with Gasteiger partial charge in [0.15, 0.2) is 0 Å². The second-order valence-electron chi connectivity index (χ2n) is 5.82. The summed E-state index contributed by atoms with van der Waals surface area (Å²) in [6, 6.07) is 5.19. The molecule has 1 spiro atoms. The predicted molar refractivity (Wildman–Crippen MR) is 75.9 cm³/mol. The van der Waals surface area contributed by atoms with E-state index in [1.807, 2.05) is 13.0 Å². The number of para-hydroxylation sites is 1. The monoisotopic (exact) mass is 292 g/mol. The molecule has 2 atom stereocenters. The molecular formula is C16H20O5. The molecule has 1 N–H and O–H groups in total. The molecule has 2 fully saturated rings. The molecule has 2 saturated heterocycles. The topological polar surface area (TPSA) is 65.0 Å². The summed E-state index contributed by atoms with van der Waals surface area (Å²) < 4.78 is 17.4. The van der Waals surface area contributed by atoms with Crippen molar-refractivity contribution < 1.29 is 24.1 Å². The van der Waals surface area contributed by atoms with Gasteiger partial charge in [0.05, 0.1) is 18.8 Å². The van der Waals surface area contributed by atoms with E-state index in [-0.39, 0.29) is 17.3 Å². The van der Waals surface area contributed by atoms with Gasteiger partial charge in [-0.2, -0.15) is 0 Å². The van der Waals surface area contributed by atoms with Crippen LogP contribution in [-0.4, -0.2) is 42.6 Å². The molecule has 2 aliphatic rings. The molecule has 5 nitrogen and oxygen atoms in total. The Bertz CT molecular complexity index is 533. The van der Waals surface area contributed by atoms with Crippen molar-refractivity contribution in [3.63, 3.8) is 0 Å². The maximum Gasteiger partial charge on any atom is 0.339 e. The predicted octanol–water partition coefficient (Wildman–Crippen LogP) is 2.41. The lowest BCUT2D eigenvalue weighted by molar-refractivity contribution is -0.112. The number of carbonyl (C=O) groups is 1. The van der Waals surface area contributed by atoms with Gasteiger partial charge in [-0.15, -0.1) is 0 Å². The third kappa shape index (κ3) is 2.89. The quantitative estimate of drug-likeness (QED) is 0.926. The van der Waals surface area contributed by atoms with Crippen LogP contribution in [0.15, 0.2) is 18.2 Å². The van der Waals surface area contributed by atoms with E-state index >= 15 is 0 Å². The van der Waals surface area contributed by atoms with Gasteiger partial charge in [0, 0.05) is 25.9 Å². The molecule has 2 unspecified atom stereocenters. The van der Waals surface area contributed by atoms with Crippen molar-refractivity contribution in [3.05, 3.63) is 29.3 Å². The molecule has 0 amide bonds. The first kappa shape index (κ1) is 14.4. The van der Waals surface area contributed by atoms with Crippen molar-refractivity contribution in [3.8, 4) is 5.75 Å². The van der Waals surface area contributed by atoms with Crippen LogP contribution in [0.4, 0.5) is 0 Å². The van der Waals surface area contributed by atoms with Crippen molar-refractivity contribution in [2.75, 3.05) is 19.8 Å². The van der Waals surface area contributed by atoms with Crippen LogP contribution in [0.5, 0.6) is 5.75 Å². The number of ether oxygens (including phenoxy) is 3. The summed E-state index contributed by atoms with van der Waals surface area (Å²) >= 11 is 0. The van der Waals surface area contributed by atoms with Gasteiger partial charge in [-0.3, -0.25) is 0 Å². The lowest BCUT2D eigenvalue weighted by atomic mass is 9.91. The van der Waals surface area contributed by atoms with E-state index in [9.17, 15) is 9.90 Å². The van der Waals surface area contributed by atoms with Crippen molar-refractivity contribution in [1.82, 2.24) is 0 Å². The molecule has 1 aromatic carbocycles. The Labute approximate surface area is 123 Å². The first-order valence-corrected chi connectivity index (χ1v) is 7.31. The van der Waals surface area contributed by atoms with E-state index in [1.54, 1.807) is 12.1 Å². The van der Waals surface area contributed by atoms with Crippen LogP contribution in [0, 0.1) is 6.92 Å². The first-order valence-electron chi connectivity index (χ1n) is 7.31. The fourth-order valence-corrected chi connectivity index (χ4v) is 3.09. The maximum absolute atomic E-state index is 11.3. The third-order valence-corrected chi connectivity index (χ3v) is 4.24. The van der Waals surface area contributed by atoms with E-state index in [2.05, 4.69) is 0 Å². The first-order chi connectivity index (χ1) is 10.1. The number of benzene rings is 1. The zero-order valence-electron chi connectivity index (χ0n) is 12.1. The molecule has 0 bridgehead atoms. The van der Waals surface area contributed by atoms with Crippen LogP contribution >= 0.6 is 0 Å². The number of hydrogen-bond donors (Lipinski definition) is 1. The fourth-order valence-electron chi connectivity index (χ4n) is 3.09. The van der Waals surface area contributed by atoms with Gasteiger partial charge in [-0.1, -0.05) is 12.1 Å². The fraction of sp³-hybridized carbons (Fsp3) is 0.562. The largest absolute Gasteiger partial charge is 0.489 e. The normalized spacial score (nSPS) is 28.7. The Hall–Kier alpha value is -1.59. The highest BCUT2D eigenvalue weighted by molar-refractivity contribution is 5.91. The zero-order chi connectivity index (χ0) is 14.9. The van der Waals surface area contributed by atoms with E-state index in [1.165, 1.54) is 0 Å². The minimum absolute atomic E-state index is 0.0281. The van der Waals surface area contributed by atoms with Crippen LogP contribution in [-0.2, 0) is 9.47 Å². The summed E-state index contributed by atoms with van der Waals surface area (Å²) in [7, 11) is 0. The summed E-state index contributed by atoms with van der Waals surface area (Å²) in [5, 5.41) is 9.30. The second kappa shape index (κ2) is 5.66. The molecular weight excluding hydrogens is 272 g/mol. The van der Waals surface area contributed by atoms with E-state index in [4.69, 9.17) is 14.2 Å². The van der Waals surface area contributed by atoms with Crippen LogP contribution in [0.2, 0.25) is 0 Å². The molecule has 0 radical (unpaired) electrons. The van der Waals surface area contributed by atoms with Gasteiger partial charge < -0.3 is 19.3 Å². The minimum Gasteiger partial charge on any atom is -0.489 e. The number of carboxylic acid groups (broad SMARTS) is 1. The van der Waals surface area contributed by atoms with Crippen LogP contribution in [0.1, 0.15) is 35.2 Å². The highest BCUT2D eigenvalue weighted by Crippen LogP contribution is 2.35. The van der Waals surface area contributed by atoms with Gasteiger partial charge in [0.1, 0.15) is 17.4 Å². The van der Waals surface area contributed by atoms with Crippen molar-refractivity contribution >= 4 is 5.97 Å². The molecule has 114 valence electrons. The van der Waals surface area contributed by atoms with Crippen LogP contribution < -0.4 is 4.74 Å². The van der Waals surface area contributed by atoms with Crippen molar-refractivity contribution in [1.29, 1.82) is 0 Å². The lowest BCUT2D eigenvalue weighted by Gasteiger charge is -2.37. The summed E-state index contributed by atoms with van der Waals surface area (Å²) in [5.41, 5.74) is 0.825. The molecule has 1 aromatic rings. The summed E-state index contributed by atoms with van der Waals surface area (Å²) in [6.45, 7) is 3.82. The van der Waals surface area contributed by atoms with Crippen LogP contribution in [0.25, 0.3) is 0 Å². The average molecular weight is 292 g/mol. The standard InChI is InChI=1S/C16H20O5/c1-11-3-2-4-13(15(17)18)14(11)21-12-5-7-20-16(9-12)6-8-19-10-16/h2-4,12H,5-10H2,1H3,(H,17,18). The highest BCUT2D eigenvalue weighted by atomic mass is 16.6. The van der Waals surface area contributed by atoms with Gasteiger partial charge in [0.25, 0.3) is 0 Å². The second-order valence-corrected chi connectivity index (χ2v) is 5.82. The van der Waals surface area contributed by atoms with Gasteiger partial charge in [0.2, 0.25) is 0 Å². The third-order valence-electron chi connectivity index (χ3n) is 4.24. The molecule has 21 heavy (non-hydrogen) atoms. The smallest absolute Gasteiger partial charge is 0.339 e. The van der Waals surface area contributed by atoms with Gasteiger partial charge in [-0.05, 0) is 18.6 Å². The van der Waals surface area contributed by atoms with E-state index in [0.717, 1.165) is 31.4 Å². The van der Waals surface area contributed by atoms with Crippen molar-refractivity contribution in [2.24, 2.45) is 0 Å². The summed E-state index contributed by atoms with van der Waals surface area (Å²) in [5.74, 6) is -0.481. The zero-order valence-corrected chi connectivity index (χ0v) is 12.1. The minimum atomic E-state index is -0.959. The summed E-state index contributed by atoms with van der Waals surface area (Å²) in [6.07, 6.45) is 2.38. The molecule has 2 heterocycles. The average Bonchev–Trinajstić information content (AvgIpc) is 2.89. The number of aromatic carboxylic acids is 1. The van der Waals surface area contributed by atoms with Gasteiger partial charge >= 0.3 is 5.97 Å². The Balaban J connectivity index is 1.79. The molecule has 2 aliphatic heterocycles. The highest BCUT2D eigenvalue weighted by Gasteiger charge is 2.42.